The Kier molecular flexibility index (Phi) is 3.06. The van der Waals surface area contributed by atoms with Crippen molar-refractivity contribution in [1.82, 2.24) is 4.90 Å². The summed E-state index contributed by atoms with van der Waals surface area (Å²) in [7, 11) is 4.33. The smallest absolute Gasteiger partial charge is 0.123 e. The lowest BCUT2D eigenvalue weighted by atomic mass is 9.74. The first-order chi connectivity index (χ1) is 8.71. The third-order valence-electron chi connectivity index (χ3n) is 4.49. The molecule has 18 heavy (non-hydrogen) atoms. The van der Waals surface area contributed by atoms with E-state index in [1.807, 2.05) is 0 Å². The van der Waals surface area contributed by atoms with Crippen LogP contribution in [0.25, 0.3) is 0 Å². The molecule has 1 atom stereocenters. The molecule has 1 aliphatic heterocycles. The first-order valence-corrected chi connectivity index (χ1v) is 7.14. The maximum atomic E-state index is 6.42. The van der Waals surface area contributed by atoms with E-state index in [0.717, 1.165) is 12.3 Å². The van der Waals surface area contributed by atoms with Gasteiger partial charge in [-0.2, -0.15) is 0 Å². The van der Waals surface area contributed by atoms with Crippen LogP contribution in [0.5, 0.6) is 5.75 Å². The van der Waals surface area contributed by atoms with Gasteiger partial charge in [-0.1, -0.05) is 24.6 Å². The summed E-state index contributed by atoms with van der Waals surface area (Å²) in [5.41, 5.74) is 1.51. The van der Waals surface area contributed by atoms with Gasteiger partial charge in [-0.3, -0.25) is 0 Å². The van der Waals surface area contributed by atoms with Gasteiger partial charge in [0.25, 0.3) is 0 Å². The molecule has 0 bridgehead atoms. The maximum Gasteiger partial charge on any atom is 0.123 e. The fourth-order valence-electron chi connectivity index (χ4n) is 3.67. The highest BCUT2D eigenvalue weighted by atomic mass is 16.5. The molecule has 0 amide bonds. The van der Waals surface area contributed by atoms with Crippen LogP contribution in [0.3, 0.4) is 0 Å². The average Bonchev–Trinajstić information content (AvgIpc) is 2.64. The Hall–Kier alpha value is -1.02. The SMILES string of the molecule is CN(C)CC1c2ccccc2OC12CCCCC2. The second kappa shape index (κ2) is 4.58. The quantitative estimate of drug-likeness (QED) is 0.791. The molecule has 1 aromatic rings. The number of likely N-dealkylation sites (N-methyl/N-ethyl adjacent to an activating group) is 1. The van der Waals surface area contributed by atoms with Crippen LogP contribution in [0.15, 0.2) is 24.3 Å². The van der Waals surface area contributed by atoms with Gasteiger partial charge >= 0.3 is 0 Å². The molecule has 1 spiro atoms. The molecular formula is C16H23NO. The predicted molar refractivity (Wildman–Crippen MR) is 74.2 cm³/mol. The van der Waals surface area contributed by atoms with Crippen molar-refractivity contribution < 1.29 is 4.74 Å². The van der Waals surface area contributed by atoms with Gasteiger partial charge in [0.15, 0.2) is 0 Å². The van der Waals surface area contributed by atoms with Crippen LogP contribution >= 0.6 is 0 Å². The molecule has 1 unspecified atom stereocenters. The number of ether oxygens (including phenoxy) is 1. The molecule has 2 nitrogen and oxygen atoms in total. The molecule has 1 aromatic carbocycles. The largest absolute Gasteiger partial charge is 0.486 e. The Morgan fingerprint density at radius 1 is 1.17 bits per heavy atom. The molecule has 2 aliphatic rings. The molecule has 98 valence electrons. The number of para-hydroxylation sites is 1. The van der Waals surface area contributed by atoms with Crippen LogP contribution < -0.4 is 4.74 Å². The minimum atomic E-state index is 0.0895. The van der Waals surface area contributed by atoms with Crippen molar-refractivity contribution in [3.05, 3.63) is 29.8 Å². The second-order valence-electron chi connectivity index (χ2n) is 6.08. The number of benzene rings is 1. The van der Waals surface area contributed by atoms with Gasteiger partial charge in [0, 0.05) is 18.0 Å². The molecule has 0 aromatic heterocycles. The summed E-state index contributed by atoms with van der Waals surface area (Å²) in [5.74, 6) is 1.68. The summed E-state index contributed by atoms with van der Waals surface area (Å²) in [5, 5.41) is 0. The van der Waals surface area contributed by atoms with Crippen molar-refractivity contribution in [1.29, 1.82) is 0 Å². The number of hydrogen-bond donors (Lipinski definition) is 0. The van der Waals surface area contributed by atoms with E-state index in [4.69, 9.17) is 4.74 Å². The normalized spacial score (nSPS) is 25.2. The van der Waals surface area contributed by atoms with Gasteiger partial charge in [-0.05, 0) is 45.8 Å². The second-order valence-corrected chi connectivity index (χ2v) is 6.08. The Balaban J connectivity index is 1.96. The highest BCUT2D eigenvalue weighted by Crippen LogP contribution is 2.51. The maximum absolute atomic E-state index is 6.42. The fourth-order valence-corrected chi connectivity index (χ4v) is 3.67. The number of rotatable bonds is 2. The van der Waals surface area contributed by atoms with Gasteiger partial charge in [-0.15, -0.1) is 0 Å². The molecule has 1 aliphatic carbocycles. The zero-order chi connectivity index (χ0) is 12.6. The topological polar surface area (TPSA) is 12.5 Å². The third-order valence-corrected chi connectivity index (χ3v) is 4.49. The Labute approximate surface area is 110 Å². The first kappa shape index (κ1) is 12.0. The van der Waals surface area contributed by atoms with E-state index >= 15 is 0 Å². The first-order valence-electron chi connectivity index (χ1n) is 7.14. The molecule has 1 heterocycles. The summed E-state index contributed by atoms with van der Waals surface area (Å²) < 4.78 is 6.42. The minimum Gasteiger partial charge on any atom is -0.486 e. The highest BCUT2D eigenvalue weighted by molar-refractivity contribution is 5.43. The minimum absolute atomic E-state index is 0.0895. The van der Waals surface area contributed by atoms with Crippen LogP contribution in [0.4, 0.5) is 0 Å². The Morgan fingerprint density at radius 3 is 2.61 bits per heavy atom. The van der Waals surface area contributed by atoms with Crippen LogP contribution in [0.2, 0.25) is 0 Å². The summed E-state index contributed by atoms with van der Waals surface area (Å²) in [6.45, 7) is 1.09. The zero-order valence-electron chi connectivity index (χ0n) is 11.5. The summed E-state index contributed by atoms with van der Waals surface area (Å²) in [6, 6.07) is 8.63. The molecule has 3 rings (SSSR count). The standard InChI is InChI=1S/C16H23NO/c1-17(2)12-14-13-8-4-5-9-15(13)18-16(14)10-6-3-7-11-16/h4-5,8-9,14H,3,6-7,10-12H2,1-2H3. The molecule has 0 radical (unpaired) electrons. The number of nitrogens with zero attached hydrogens (tertiary/aromatic N) is 1. The van der Waals surface area contributed by atoms with Gasteiger partial charge in [-0.25, -0.2) is 0 Å². The molecule has 0 N–H and O–H groups in total. The monoisotopic (exact) mass is 245 g/mol. The van der Waals surface area contributed by atoms with E-state index in [2.05, 4.69) is 43.3 Å². The Bertz CT molecular complexity index is 421. The zero-order valence-corrected chi connectivity index (χ0v) is 11.5. The fraction of sp³-hybridized carbons (Fsp3) is 0.625. The van der Waals surface area contributed by atoms with Crippen molar-refractivity contribution in [3.63, 3.8) is 0 Å². The lowest BCUT2D eigenvalue weighted by Crippen LogP contribution is -2.43. The molecule has 0 saturated heterocycles. The highest BCUT2D eigenvalue weighted by Gasteiger charge is 2.48. The van der Waals surface area contributed by atoms with E-state index in [-0.39, 0.29) is 5.60 Å². The third kappa shape index (κ3) is 1.93. The Morgan fingerprint density at radius 2 is 1.89 bits per heavy atom. The van der Waals surface area contributed by atoms with Crippen molar-refractivity contribution >= 4 is 0 Å². The van der Waals surface area contributed by atoms with Crippen molar-refractivity contribution in [2.75, 3.05) is 20.6 Å². The molecule has 2 heteroatoms. The van der Waals surface area contributed by atoms with E-state index in [1.165, 1.54) is 37.7 Å². The molecule has 1 fully saturated rings. The average molecular weight is 245 g/mol. The van der Waals surface area contributed by atoms with Crippen LogP contribution in [0, 0.1) is 0 Å². The van der Waals surface area contributed by atoms with Gasteiger partial charge in [0.05, 0.1) is 0 Å². The van der Waals surface area contributed by atoms with Crippen molar-refractivity contribution in [2.24, 2.45) is 0 Å². The van der Waals surface area contributed by atoms with Crippen LogP contribution in [-0.2, 0) is 0 Å². The lowest BCUT2D eigenvalue weighted by molar-refractivity contribution is 0.0217. The number of fused-ring (bicyclic) bond motifs is 1. The molecule has 1 saturated carbocycles. The van der Waals surface area contributed by atoms with Gasteiger partial charge < -0.3 is 9.64 Å². The van der Waals surface area contributed by atoms with Crippen molar-refractivity contribution in [3.8, 4) is 5.75 Å². The van der Waals surface area contributed by atoms with E-state index < -0.39 is 0 Å². The van der Waals surface area contributed by atoms with Gasteiger partial charge in [0.2, 0.25) is 0 Å². The van der Waals surface area contributed by atoms with Gasteiger partial charge in [0.1, 0.15) is 11.4 Å². The van der Waals surface area contributed by atoms with E-state index in [1.54, 1.807) is 0 Å². The van der Waals surface area contributed by atoms with Crippen LogP contribution in [0.1, 0.15) is 43.6 Å². The summed E-state index contributed by atoms with van der Waals surface area (Å²) >= 11 is 0. The lowest BCUT2D eigenvalue weighted by Gasteiger charge is -2.39. The predicted octanol–water partition coefficient (Wildman–Crippen LogP) is 3.43. The van der Waals surface area contributed by atoms with Crippen molar-refractivity contribution in [2.45, 2.75) is 43.6 Å². The number of hydrogen-bond acceptors (Lipinski definition) is 2. The summed E-state index contributed by atoms with van der Waals surface area (Å²) in [4.78, 5) is 2.30. The molecular weight excluding hydrogens is 222 g/mol. The van der Waals surface area contributed by atoms with E-state index in [0.29, 0.717) is 5.92 Å². The van der Waals surface area contributed by atoms with E-state index in [9.17, 15) is 0 Å². The van der Waals surface area contributed by atoms with Crippen LogP contribution in [-0.4, -0.2) is 31.1 Å². The summed E-state index contributed by atoms with van der Waals surface area (Å²) in [6.07, 6.45) is 6.45.